The van der Waals surface area contributed by atoms with Crippen molar-refractivity contribution in [1.29, 1.82) is 0 Å². The first-order valence-electron chi connectivity index (χ1n) is 11.4. The van der Waals surface area contributed by atoms with E-state index in [1.54, 1.807) is 60.1 Å². The Morgan fingerprint density at radius 3 is 2.39 bits per heavy atom. The number of hydrogen-bond donors (Lipinski definition) is 4. The highest BCUT2D eigenvalue weighted by atomic mass is 16.2. The lowest BCUT2D eigenvalue weighted by molar-refractivity contribution is -0.112. The van der Waals surface area contributed by atoms with E-state index in [1.165, 1.54) is 0 Å². The van der Waals surface area contributed by atoms with Crippen LogP contribution in [0.2, 0.25) is 0 Å². The third-order valence-corrected chi connectivity index (χ3v) is 5.48. The molecule has 36 heavy (non-hydrogen) atoms. The molecular formula is C26H27N7O3. The van der Waals surface area contributed by atoms with E-state index in [9.17, 15) is 14.4 Å². The van der Waals surface area contributed by atoms with Gasteiger partial charge < -0.3 is 16.4 Å². The molecule has 2 heterocycles. The first-order chi connectivity index (χ1) is 17.2. The maximum absolute atomic E-state index is 12.5. The van der Waals surface area contributed by atoms with E-state index in [1.807, 2.05) is 13.8 Å². The largest absolute Gasteiger partial charge is 0.382 e. The highest BCUT2D eigenvalue weighted by Gasteiger charge is 2.21. The van der Waals surface area contributed by atoms with E-state index in [4.69, 9.17) is 5.73 Å². The van der Waals surface area contributed by atoms with Crippen LogP contribution in [-0.2, 0) is 4.79 Å². The minimum atomic E-state index is -0.478. The predicted molar refractivity (Wildman–Crippen MR) is 140 cm³/mol. The molecule has 0 aliphatic carbocycles. The number of aromatic nitrogens is 4. The first kappa shape index (κ1) is 24.4. The highest BCUT2D eigenvalue weighted by Crippen LogP contribution is 2.33. The molecule has 10 heteroatoms. The van der Waals surface area contributed by atoms with E-state index in [-0.39, 0.29) is 23.1 Å². The first-order valence-corrected chi connectivity index (χ1v) is 11.4. The quantitative estimate of drug-likeness (QED) is 0.295. The van der Waals surface area contributed by atoms with Crippen LogP contribution >= 0.6 is 0 Å². The van der Waals surface area contributed by atoms with Gasteiger partial charge in [0.1, 0.15) is 0 Å². The zero-order valence-corrected chi connectivity index (χ0v) is 20.3. The Kier molecular flexibility index (Phi) is 6.69. The average molecular weight is 486 g/mol. The molecule has 0 spiro atoms. The van der Waals surface area contributed by atoms with Gasteiger partial charge in [-0.1, -0.05) is 32.6 Å². The van der Waals surface area contributed by atoms with Crippen molar-refractivity contribution < 1.29 is 9.59 Å². The van der Waals surface area contributed by atoms with Gasteiger partial charge in [-0.3, -0.25) is 14.4 Å². The van der Waals surface area contributed by atoms with Crippen LogP contribution in [0.1, 0.15) is 31.1 Å². The molecule has 4 rings (SSSR count). The molecule has 0 bridgehead atoms. The molecule has 10 nitrogen and oxygen atoms in total. The van der Waals surface area contributed by atoms with Gasteiger partial charge in [0.25, 0.3) is 17.4 Å². The van der Waals surface area contributed by atoms with Crippen molar-refractivity contribution in [3.8, 4) is 16.9 Å². The summed E-state index contributed by atoms with van der Waals surface area (Å²) in [7, 11) is 0. The molecule has 2 aromatic carbocycles. The summed E-state index contributed by atoms with van der Waals surface area (Å²) in [5.41, 5.74) is 9.17. The van der Waals surface area contributed by atoms with Gasteiger partial charge >= 0.3 is 0 Å². The SMILES string of the molecule is C=C(C)C(=O)Nc1ccc(-n2nc3c(=O)[nH]nc(N)c3c2-c2ccc(C(=O)NCC(C)C)cc2)cc1. The van der Waals surface area contributed by atoms with Crippen LogP contribution in [0.25, 0.3) is 27.8 Å². The van der Waals surface area contributed by atoms with Crippen molar-refractivity contribution >= 4 is 34.2 Å². The third kappa shape index (κ3) is 4.88. The van der Waals surface area contributed by atoms with Gasteiger partial charge in [0.2, 0.25) is 0 Å². The Morgan fingerprint density at radius 2 is 1.78 bits per heavy atom. The lowest BCUT2D eigenvalue weighted by Gasteiger charge is -2.11. The summed E-state index contributed by atoms with van der Waals surface area (Å²) in [5.74, 6) is 0.00719. The van der Waals surface area contributed by atoms with Crippen LogP contribution < -0.4 is 21.9 Å². The van der Waals surface area contributed by atoms with Crippen LogP contribution in [0.5, 0.6) is 0 Å². The number of fused-ring (bicyclic) bond motifs is 1. The molecule has 0 aliphatic heterocycles. The zero-order valence-electron chi connectivity index (χ0n) is 20.3. The number of aromatic amines is 1. The highest BCUT2D eigenvalue weighted by molar-refractivity contribution is 6.03. The summed E-state index contributed by atoms with van der Waals surface area (Å²) < 4.78 is 1.59. The zero-order chi connectivity index (χ0) is 26.0. The minimum Gasteiger partial charge on any atom is -0.382 e. The van der Waals surface area contributed by atoms with E-state index in [2.05, 4.69) is 32.5 Å². The van der Waals surface area contributed by atoms with Gasteiger partial charge in [0, 0.05) is 28.9 Å². The molecule has 2 aromatic heterocycles. The average Bonchev–Trinajstić information content (AvgIpc) is 3.27. The number of nitrogens with zero attached hydrogens (tertiary/aromatic N) is 3. The van der Waals surface area contributed by atoms with Gasteiger partial charge in [-0.25, -0.2) is 9.78 Å². The number of carbonyl (C=O) groups excluding carboxylic acids is 2. The number of nitrogens with two attached hydrogens (primary N) is 1. The van der Waals surface area contributed by atoms with Crippen LogP contribution in [0.3, 0.4) is 0 Å². The smallest absolute Gasteiger partial charge is 0.292 e. The summed E-state index contributed by atoms with van der Waals surface area (Å²) >= 11 is 0. The Hall–Kier alpha value is -4.73. The number of amides is 2. The normalized spacial score (nSPS) is 11.0. The molecule has 0 unspecified atom stereocenters. The van der Waals surface area contributed by atoms with Crippen molar-refractivity contribution in [3.63, 3.8) is 0 Å². The molecule has 2 amide bonds. The Morgan fingerprint density at radius 1 is 1.11 bits per heavy atom. The number of rotatable bonds is 7. The Bertz CT molecular complexity index is 1510. The van der Waals surface area contributed by atoms with Gasteiger partial charge in [-0.15, -0.1) is 0 Å². The Balaban J connectivity index is 1.78. The minimum absolute atomic E-state index is 0.120. The van der Waals surface area contributed by atoms with Crippen LogP contribution in [0, 0.1) is 5.92 Å². The van der Waals surface area contributed by atoms with Crippen LogP contribution in [0.4, 0.5) is 11.5 Å². The van der Waals surface area contributed by atoms with Crippen molar-refractivity contribution in [3.05, 3.63) is 76.6 Å². The number of hydrogen-bond acceptors (Lipinski definition) is 6. The molecular weight excluding hydrogens is 458 g/mol. The van der Waals surface area contributed by atoms with Crippen LogP contribution in [0.15, 0.2) is 65.5 Å². The monoisotopic (exact) mass is 485 g/mol. The summed E-state index contributed by atoms with van der Waals surface area (Å²) in [4.78, 5) is 36.9. The third-order valence-electron chi connectivity index (χ3n) is 5.48. The van der Waals surface area contributed by atoms with Gasteiger partial charge in [0.05, 0.1) is 16.8 Å². The predicted octanol–water partition coefficient (Wildman–Crippen LogP) is 3.26. The number of nitrogens with one attached hydrogen (secondary N) is 3. The van der Waals surface area contributed by atoms with Gasteiger partial charge in [-0.05, 0) is 49.2 Å². The molecule has 4 aromatic rings. The molecule has 0 aliphatic rings. The van der Waals surface area contributed by atoms with Crippen molar-refractivity contribution in [2.45, 2.75) is 20.8 Å². The van der Waals surface area contributed by atoms with Gasteiger partial charge in [-0.2, -0.15) is 10.2 Å². The summed E-state index contributed by atoms with van der Waals surface area (Å²) in [6.45, 7) is 9.89. The molecule has 0 fully saturated rings. The van der Waals surface area contributed by atoms with Crippen molar-refractivity contribution in [2.24, 2.45) is 5.92 Å². The number of carbonyl (C=O) groups is 2. The number of benzene rings is 2. The van der Waals surface area contributed by atoms with E-state index < -0.39 is 5.56 Å². The lowest BCUT2D eigenvalue weighted by atomic mass is 10.1. The summed E-state index contributed by atoms with van der Waals surface area (Å²) in [5, 5.41) is 16.8. The van der Waals surface area contributed by atoms with Crippen LogP contribution in [-0.4, -0.2) is 38.3 Å². The Labute approximate surface area is 207 Å². The fourth-order valence-corrected chi connectivity index (χ4v) is 3.60. The molecule has 0 saturated carbocycles. The molecule has 184 valence electrons. The molecule has 0 saturated heterocycles. The topological polar surface area (TPSA) is 148 Å². The van der Waals surface area contributed by atoms with Gasteiger partial charge in [0.15, 0.2) is 11.3 Å². The molecule has 0 atom stereocenters. The fraction of sp³-hybridized carbons (Fsp3) is 0.192. The molecule has 5 N–H and O–H groups in total. The van der Waals surface area contributed by atoms with Crippen molar-refractivity contribution in [1.82, 2.24) is 25.3 Å². The lowest BCUT2D eigenvalue weighted by Crippen LogP contribution is -2.27. The van der Waals surface area contributed by atoms with E-state index in [0.29, 0.717) is 51.6 Å². The maximum atomic E-state index is 12.5. The number of H-pyrrole nitrogens is 1. The summed E-state index contributed by atoms with van der Waals surface area (Å²) in [6.07, 6.45) is 0. The van der Waals surface area contributed by atoms with E-state index in [0.717, 1.165) is 0 Å². The standard InChI is InChI=1S/C26H27N7O3/c1-14(2)13-28-25(35)17-7-5-16(6-8-17)22-20-21(26(36)31-30-23(20)27)32-33(22)19-11-9-18(10-12-19)29-24(34)15(3)4/h5-12,14H,3,13H2,1-2,4H3,(H2,27,30)(H,28,35)(H,29,34)(H,31,36). The molecule has 0 radical (unpaired) electrons. The second kappa shape index (κ2) is 9.87. The van der Waals surface area contributed by atoms with Crippen molar-refractivity contribution in [2.75, 3.05) is 17.6 Å². The number of anilines is 2. The summed E-state index contributed by atoms with van der Waals surface area (Å²) in [6, 6.07) is 13.9. The maximum Gasteiger partial charge on any atom is 0.292 e. The second-order valence-corrected chi connectivity index (χ2v) is 8.88. The van der Waals surface area contributed by atoms with E-state index >= 15 is 0 Å². The second-order valence-electron chi connectivity index (χ2n) is 8.88. The fourth-order valence-electron chi connectivity index (χ4n) is 3.60. The number of nitrogen functional groups attached to an aromatic ring is 1.